The first kappa shape index (κ1) is 9.04. The minimum atomic E-state index is 0.553. The van der Waals surface area contributed by atoms with Crippen LogP contribution in [0.25, 0.3) is 0 Å². The molecule has 0 saturated heterocycles. The van der Waals surface area contributed by atoms with Crippen LogP contribution in [0.5, 0.6) is 0 Å². The van der Waals surface area contributed by atoms with Crippen LogP contribution in [0.1, 0.15) is 26.7 Å². The van der Waals surface area contributed by atoms with Crippen LogP contribution >= 0.6 is 0 Å². The molecule has 66 valence electrons. The van der Waals surface area contributed by atoms with Crippen LogP contribution < -0.4 is 5.32 Å². The Bertz CT molecular complexity index is 208. The zero-order valence-corrected chi connectivity index (χ0v) is 7.75. The summed E-state index contributed by atoms with van der Waals surface area (Å²) in [6, 6.07) is 4.54. The molecule has 1 rings (SSSR count). The fourth-order valence-corrected chi connectivity index (χ4v) is 1.24. The smallest absolute Gasteiger partial charge is 0.0373 e. The highest BCUT2D eigenvalue weighted by Crippen LogP contribution is 2.07. The summed E-state index contributed by atoms with van der Waals surface area (Å²) in [6.07, 6.45) is 6.05. The van der Waals surface area contributed by atoms with E-state index in [1.54, 1.807) is 12.4 Å². The molecule has 0 aliphatic rings. The predicted molar refractivity (Wildman–Crippen MR) is 52.2 cm³/mol. The number of anilines is 1. The van der Waals surface area contributed by atoms with Crippen molar-refractivity contribution in [3.05, 3.63) is 24.5 Å². The van der Waals surface area contributed by atoms with Crippen molar-refractivity contribution in [3.8, 4) is 0 Å². The van der Waals surface area contributed by atoms with Gasteiger partial charge in [0, 0.05) is 24.1 Å². The van der Waals surface area contributed by atoms with Crippen molar-refractivity contribution < 1.29 is 0 Å². The lowest BCUT2D eigenvalue weighted by molar-refractivity contribution is 0.690. The van der Waals surface area contributed by atoms with Crippen molar-refractivity contribution in [1.29, 1.82) is 0 Å². The first-order chi connectivity index (χ1) is 5.83. The van der Waals surface area contributed by atoms with E-state index in [-0.39, 0.29) is 0 Å². The summed E-state index contributed by atoms with van der Waals surface area (Å²) >= 11 is 0. The van der Waals surface area contributed by atoms with Gasteiger partial charge in [0.05, 0.1) is 0 Å². The standard InChI is InChI=1S/C10H16N2/c1-3-4-9(2)12-10-5-7-11-8-6-10/h5-9H,3-4H2,1-2H3,(H,11,12). The van der Waals surface area contributed by atoms with Crippen molar-refractivity contribution in [3.63, 3.8) is 0 Å². The first-order valence-corrected chi connectivity index (χ1v) is 4.49. The molecular formula is C10H16N2. The molecule has 1 heterocycles. The molecule has 0 aromatic carbocycles. The minimum absolute atomic E-state index is 0.553. The van der Waals surface area contributed by atoms with Gasteiger partial charge >= 0.3 is 0 Å². The largest absolute Gasteiger partial charge is 0.383 e. The van der Waals surface area contributed by atoms with Crippen LogP contribution in [0.2, 0.25) is 0 Å². The normalized spacial score (nSPS) is 12.5. The molecule has 0 radical (unpaired) electrons. The topological polar surface area (TPSA) is 24.9 Å². The SMILES string of the molecule is CCCC(C)Nc1ccncc1. The molecule has 0 saturated carbocycles. The van der Waals surface area contributed by atoms with E-state index in [9.17, 15) is 0 Å². The molecule has 1 atom stereocenters. The van der Waals surface area contributed by atoms with Crippen molar-refractivity contribution in [2.75, 3.05) is 5.32 Å². The van der Waals surface area contributed by atoms with Crippen molar-refractivity contribution >= 4 is 5.69 Å². The van der Waals surface area contributed by atoms with Gasteiger partial charge in [0.2, 0.25) is 0 Å². The zero-order chi connectivity index (χ0) is 8.81. The number of hydrogen-bond acceptors (Lipinski definition) is 2. The Hall–Kier alpha value is -1.05. The van der Waals surface area contributed by atoms with E-state index in [1.165, 1.54) is 12.8 Å². The van der Waals surface area contributed by atoms with Gasteiger partial charge in [0.15, 0.2) is 0 Å². The summed E-state index contributed by atoms with van der Waals surface area (Å²) in [4.78, 5) is 3.96. The molecule has 0 spiro atoms. The number of aromatic nitrogens is 1. The summed E-state index contributed by atoms with van der Waals surface area (Å²) in [7, 11) is 0. The van der Waals surface area contributed by atoms with Gasteiger partial charge in [-0.3, -0.25) is 4.98 Å². The molecular weight excluding hydrogens is 148 g/mol. The Morgan fingerprint density at radius 3 is 2.67 bits per heavy atom. The Labute approximate surface area is 74.0 Å². The van der Waals surface area contributed by atoms with E-state index in [0.717, 1.165) is 5.69 Å². The van der Waals surface area contributed by atoms with Gasteiger partial charge in [-0.15, -0.1) is 0 Å². The zero-order valence-electron chi connectivity index (χ0n) is 7.75. The minimum Gasteiger partial charge on any atom is -0.383 e. The van der Waals surface area contributed by atoms with Gasteiger partial charge in [0.1, 0.15) is 0 Å². The third-order valence-electron chi connectivity index (χ3n) is 1.82. The lowest BCUT2D eigenvalue weighted by Gasteiger charge is -2.13. The summed E-state index contributed by atoms with van der Waals surface area (Å²) < 4.78 is 0. The molecule has 0 bridgehead atoms. The second kappa shape index (κ2) is 4.75. The van der Waals surface area contributed by atoms with Gasteiger partial charge in [-0.2, -0.15) is 0 Å². The van der Waals surface area contributed by atoms with Crippen LogP contribution in [0.15, 0.2) is 24.5 Å². The van der Waals surface area contributed by atoms with Crippen LogP contribution in [0.4, 0.5) is 5.69 Å². The third-order valence-corrected chi connectivity index (χ3v) is 1.82. The van der Waals surface area contributed by atoms with Crippen LogP contribution in [0, 0.1) is 0 Å². The van der Waals surface area contributed by atoms with Crippen molar-refractivity contribution in [2.45, 2.75) is 32.7 Å². The molecule has 0 fully saturated rings. The van der Waals surface area contributed by atoms with E-state index in [0.29, 0.717) is 6.04 Å². The maximum absolute atomic E-state index is 3.96. The van der Waals surface area contributed by atoms with Crippen molar-refractivity contribution in [1.82, 2.24) is 4.98 Å². The molecule has 1 aromatic heterocycles. The summed E-state index contributed by atoms with van der Waals surface area (Å²) in [6.45, 7) is 4.40. The van der Waals surface area contributed by atoms with E-state index in [1.807, 2.05) is 12.1 Å². The number of pyridine rings is 1. The van der Waals surface area contributed by atoms with Crippen molar-refractivity contribution in [2.24, 2.45) is 0 Å². The predicted octanol–water partition coefficient (Wildman–Crippen LogP) is 2.68. The molecule has 2 nitrogen and oxygen atoms in total. The van der Waals surface area contributed by atoms with Gasteiger partial charge in [-0.25, -0.2) is 0 Å². The Balaban J connectivity index is 2.41. The Morgan fingerprint density at radius 1 is 1.42 bits per heavy atom. The third kappa shape index (κ3) is 2.91. The quantitative estimate of drug-likeness (QED) is 0.740. The van der Waals surface area contributed by atoms with Crippen LogP contribution in [-0.2, 0) is 0 Å². The lowest BCUT2D eigenvalue weighted by atomic mass is 10.2. The molecule has 1 N–H and O–H groups in total. The summed E-state index contributed by atoms with van der Waals surface area (Å²) in [5, 5.41) is 3.40. The summed E-state index contributed by atoms with van der Waals surface area (Å²) in [5.41, 5.74) is 1.16. The Kier molecular flexibility index (Phi) is 3.58. The fraction of sp³-hybridized carbons (Fsp3) is 0.500. The summed E-state index contributed by atoms with van der Waals surface area (Å²) in [5.74, 6) is 0. The molecule has 1 aromatic rings. The second-order valence-corrected chi connectivity index (χ2v) is 3.07. The molecule has 0 aliphatic heterocycles. The second-order valence-electron chi connectivity index (χ2n) is 3.07. The van der Waals surface area contributed by atoms with Crippen LogP contribution in [-0.4, -0.2) is 11.0 Å². The molecule has 0 amide bonds. The van der Waals surface area contributed by atoms with Gasteiger partial charge in [0.25, 0.3) is 0 Å². The highest BCUT2D eigenvalue weighted by molar-refractivity contribution is 5.41. The van der Waals surface area contributed by atoms with Gasteiger partial charge in [-0.1, -0.05) is 13.3 Å². The van der Waals surface area contributed by atoms with E-state index in [2.05, 4.69) is 24.1 Å². The monoisotopic (exact) mass is 164 g/mol. The lowest BCUT2D eigenvalue weighted by Crippen LogP contribution is -2.14. The van der Waals surface area contributed by atoms with Gasteiger partial charge in [-0.05, 0) is 25.5 Å². The number of nitrogens with zero attached hydrogens (tertiary/aromatic N) is 1. The number of rotatable bonds is 4. The molecule has 12 heavy (non-hydrogen) atoms. The van der Waals surface area contributed by atoms with Gasteiger partial charge < -0.3 is 5.32 Å². The molecule has 0 aliphatic carbocycles. The average Bonchev–Trinajstić information content (AvgIpc) is 2.06. The van der Waals surface area contributed by atoms with E-state index >= 15 is 0 Å². The van der Waals surface area contributed by atoms with E-state index in [4.69, 9.17) is 0 Å². The molecule has 2 heteroatoms. The first-order valence-electron chi connectivity index (χ1n) is 4.49. The highest BCUT2D eigenvalue weighted by atomic mass is 14.9. The molecule has 1 unspecified atom stereocenters. The highest BCUT2D eigenvalue weighted by Gasteiger charge is 1.98. The average molecular weight is 164 g/mol. The van der Waals surface area contributed by atoms with E-state index < -0.39 is 0 Å². The number of nitrogens with one attached hydrogen (secondary N) is 1. The maximum Gasteiger partial charge on any atom is 0.0373 e. The maximum atomic E-state index is 3.96. The fourth-order valence-electron chi connectivity index (χ4n) is 1.24. The number of hydrogen-bond donors (Lipinski definition) is 1. The Morgan fingerprint density at radius 2 is 2.08 bits per heavy atom. The van der Waals surface area contributed by atoms with Crippen LogP contribution in [0.3, 0.4) is 0 Å².